The molecular formula is C30H41N5O4. The highest BCUT2D eigenvalue weighted by Gasteiger charge is 2.55. The van der Waals surface area contributed by atoms with E-state index in [1.807, 2.05) is 4.90 Å². The van der Waals surface area contributed by atoms with E-state index in [1.165, 1.54) is 38.1 Å². The lowest BCUT2D eigenvalue weighted by Crippen LogP contribution is -2.57. The standard InChI is InChI=1S/C30H41N5O4/c1-33(2)30(24-10-5-4-6-11-24)16-14-29(15-17-30)21-34(28(38)35(29)19-22-8-7-9-22)20-26(36)32-25-13-12-23(18-31-25)27(37)39-3/h4-6,10-13,18,22,28,38H,7-9,14-17,19-21H2,1-3H3,(H,31,32,36). The smallest absolute Gasteiger partial charge is 0.339 e. The molecule has 1 aliphatic heterocycles. The molecule has 0 radical (unpaired) electrons. The number of ether oxygens (including phenoxy) is 1. The van der Waals surface area contributed by atoms with Crippen LogP contribution in [0.4, 0.5) is 5.82 Å². The quantitative estimate of drug-likeness (QED) is 0.497. The zero-order valence-corrected chi connectivity index (χ0v) is 23.3. The molecule has 3 aliphatic rings. The summed E-state index contributed by atoms with van der Waals surface area (Å²) in [7, 11) is 5.65. The SMILES string of the molecule is COC(=O)c1ccc(NC(=O)CN2CC3(CCC(c4ccccc4)(N(C)C)CC3)N(CC3CCC3)C2O)nc1. The average Bonchev–Trinajstić information content (AvgIpc) is 3.16. The third-order valence-electron chi connectivity index (χ3n) is 9.37. The maximum Gasteiger partial charge on any atom is 0.339 e. The molecule has 39 heavy (non-hydrogen) atoms. The minimum atomic E-state index is -0.797. The van der Waals surface area contributed by atoms with Crippen molar-refractivity contribution in [2.75, 3.05) is 46.2 Å². The molecule has 5 rings (SSSR count). The van der Waals surface area contributed by atoms with Gasteiger partial charge in [0, 0.05) is 30.4 Å². The van der Waals surface area contributed by atoms with Gasteiger partial charge in [-0.15, -0.1) is 0 Å². The summed E-state index contributed by atoms with van der Waals surface area (Å²) >= 11 is 0. The van der Waals surface area contributed by atoms with E-state index in [0.717, 1.165) is 32.2 Å². The topological polar surface area (TPSA) is 98.2 Å². The van der Waals surface area contributed by atoms with Crippen molar-refractivity contribution in [1.82, 2.24) is 19.7 Å². The number of carbonyl (C=O) groups is 2. The number of pyridine rings is 1. The fourth-order valence-corrected chi connectivity index (χ4v) is 6.76. The normalized spacial score (nSPS) is 28.0. The number of esters is 1. The molecule has 2 aliphatic carbocycles. The van der Waals surface area contributed by atoms with Gasteiger partial charge in [0.2, 0.25) is 5.91 Å². The molecule has 1 saturated heterocycles. The first kappa shape index (κ1) is 27.7. The molecule has 1 atom stereocenters. The molecule has 1 aromatic heterocycles. The van der Waals surface area contributed by atoms with Gasteiger partial charge in [-0.2, -0.15) is 0 Å². The Morgan fingerprint density at radius 1 is 1.10 bits per heavy atom. The summed E-state index contributed by atoms with van der Waals surface area (Å²) in [5, 5.41) is 14.3. The Balaban J connectivity index is 1.30. The fourth-order valence-electron chi connectivity index (χ4n) is 6.76. The van der Waals surface area contributed by atoms with Gasteiger partial charge in [-0.05, 0) is 76.2 Å². The summed E-state index contributed by atoms with van der Waals surface area (Å²) in [6.07, 6.45) is 8.16. The second kappa shape index (κ2) is 11.3. The molecule has 2 saturated carbocycles. The van der Waals surface area contributed by atoms with Gasteiger partial charge in [0.15, 0.2) is 6.35 Å². The number of benzene rings is 1. The Morgan fingerprint density at radius 2 is 1.82 bits per heavy atom. The van der Waals surface area contributed by atoms with Crippen molar-refractivity contribution in [3.63, 3.8) is 0 Å². The Labute approximate surface area is 231 Å². The fraction of sp³-hybridized carbons (Fsp3) is 0.567. The number of rotatable bonds is 8. The molecular weight excluding hydrogens is 494 g/mol. The lowest BCUT2D eigenvalue weighted by molar-refractivity contribution is -0.126. The Hall–Kier alpha value is -2.85. The highest BCUT2D eigenvalue weighted by Crippen LogP contribution is 2.50. The molecule has 2 aromatic rings. The van der Waals surface area contributed by atoms with Crippen LogP contribution in [0.3, 0.4) is 0 Å². The summed E-state index contributed by atoms with van der Waals surface area (Å²) in [5.41, 5.74) is 1.47. The van der Waals surface area contributed by atoms with Crippen molar-refractivity contribution < 1.29 is 19.4 Å². The van der Waals surface area contributed by atoms with E-state index in [1.54, 1.807) is 12.1 Å². The van der Waals surface area contributed by atoms with Crippen LogP contribution in [-0.2, 0) is 15.1 Å². The maximum atomic E-state index is 13.0. The van der Waals surface area contributed by atoms with Gasteiger partial charge >= 0.3 is 5.97 Å². The first-order chi connectivity index (χ1) is 18.8. The average molecular weight is 536 g/mol. The third-order valence-corrected chi connectivity index (χ3v) is 9.37. The van der Waals surface area contributed by atoms with Crippen molar-refractivity contribution in [1.29, 1.82) is 0 Å². The molecule has 1 spiro atoms. The van der Waals surface area contributed by atoms with Gasteiger partial charge in [-0.1, -0.05) is 36.8 Å². The Morgan fingerprint density at radius 3 is 2.38 bits per heavy atom. The molecule has 9 heteroatoms. The van der Waals surface area contributed by atoms with Gasteiger partial charge in [0.25, 0.3) is 0 Å². The molecule has 9 nitrogen and oxygen atoms in total. The van der Waals surface area contributed by atoms with Crippen LogP contribution in [0, 0.1) is 5.92 Å². The van der Waals surface area contributed by atoms with Crippen molar-refractivity contribution in [3.05, 3.63) is 59.8 Å². The van der Waals surface area contributed by atoms with Gasteiger partial charge in [0.05, 0.1) is 19.2 Å². The summed E-state index contributed by atoms with van der Waals surface area (Å²) in [6, 6.07) is 13.9. The Kier molecular flexibility index (Phi) is 8.05. The number of nitrogens with zero attached hydrogens (tertiary/aromatic N) is 4. The number of hydrogen-bond donors (Lipinski definition) is 2. The van der Waals surface area contributed by atoms with Crippen LogP contribution >= 0.6 is 0 Å². The summed E-state index contributed by atoms with van der Waals surface area (Å²) in [6.45, 7) is 1.60. The lowest BCUT2D eigenvalue weighted by Gasteiger charge is -2.52. The second-order valence-electron chi connectivity index (χ2n) is 11.7. The highest BCUT2D eigenvalue weighted by atomic mass is 16.5. The third kappa shape index (κ3) is 5.45. The van der Waals surface area contributed by atoms with E-state index >= 15 is 0 Å². The number of amides is 1. The number of aliphatic hydroxyl groups excluding tert-OH is 1. The zero-order chi connectivity index (χ0) is 27.6. The van der Waals surface area contributed by atoms with Crippen LogP contribution in [0.25, 0.3) is 0 Å². The van der Waals surface area contributed by atoms with E-state index in [0.29, 0.717) is 23.8 Å². The molecule has 3 fully saturated rings. The summed E-state index contributed by atoms with van der Waals surface area (Å²) < 4.78 is 4.70. The van der Waals surface area contributed by atoms with Crippen molar-refractivity contribution in [3.8, 4) is 0 Å². The van der Waals surface area contributed by atoms with Crippen molar-refractivity contribution >= 4 is 17.7 Å². The Bertz CT molecular complexity index is 1140. The number of hydrogen-bond acceptors (Lipinski definition) is 8. The van der Waals surface area contributed by atoms with Gasteiger partial charge < -0.3 is 15.2 Å². The van der Waals surface area contributed by atoms with Gasteiger partial charge in [-0.3, -0.25) is 19.5 Å². The van der Waals surface area contributed by atoms with Crippen LogP contribution in [-0.4, -0.2) is 89.4 Å². The summed E-state index contributed by atoms with van der Waals surface area (Å²) in [4.78, 5) is 35.4. The van der Waals surface area contributed by atoms with Gasteiger partial charge in [-0.25, -0.2) is 9.78 Å². The first-order valence-corrected chi connectivity index (χ1v) is 14.0. The second-order valence-corrected chi connectivity index (χ2v) is 11.7. The minimum Gasteiger partial charge on any atom is -0.465 e. The maximum absolute atomic E-state index is 13.0. The van der Waals surface area contributed by atoms with E-state index in [4.69, 9.17) is 4.74 Å². The molecule has 2 N–H and O–H groups in total. The highest BCUT2D eigenvalue weighted by molar-refractivity contribution is 5.92. The molecule has 2 heterocycles. The predicted octanol–water partition coefficient (Wildman–Crippen LogP) is 3.27. The monoisotopic (exact) mass is 535 g/mol. The van der Waals surface area contributed by atoms with Crippen LogP contribution < -0.4 is 5.32 Å². The minimum absolute atomic E-state index is 0.0353. The number of carbonyl (C=O) groups excluding carboxylic acids is 2. The number of aliphatic hydroxyl groups is 1. The van der Waals surface area contributed by atoms with Crippen LogP contribution in [0.5, 0.6) is 0 Å². The van der Waals surface area contributed by atoms with Crippen LogP contribution in [0.2, 0.25) is 0 Å². The zero-order valence-electron chi connectivity index (χ0n) is 23.3. The number of aromatic nitrogens is 1. The largest absolute Gasteiger partial charge is 0.465 e. The molecule has 1 unspecified atom stereocenters. The van der Waals surface area contributed by atoms with E-state index in [9.17, 15) is 14.7 Å². The molecule has 210 valence electrons. The number of anilines is 1. The number of nitrogens with one attached hydrogen (secondary N) is 1. The predicted molar refractivity (Wildman–Crippen MR) is 149 cm³/mol. The molecule has 1 aromatic carbocycles. The number of methoxy groups -OCH3 is 1. The van der Waals surface area contributed by atoms with E-state index in [2.05, 4.69) is 64.5 Å². The van der Waals surface area contributed by atoms with Crippen molar-refractivity contribution in [2.24, 2.45) is 5.92 Å². The molecule has 0 bridgehead atoms. The van der Waals surface area contributed by atoms with Crippen LogP contribution in [0.1, 0.15) is 60.9 Å². The van der Waals surface area contributed by atoms with Crippen LogP contribution in [0.15, 0.2) is 48.7 Å². The first-order valence-electron chi connectivity index (χ1n) is 14.0. The summed E-state index contributed by atoms with van der Waals surface area (Å²) in [5.74, 6) is 0.252. The van der Waals surface area contributed by atoms with E-state index in [-0.39, 0.29) is 23.5 Å². The van der Waals surface area contributed by atoms with Gasteiger partial charge in [0.1, 0.15) is 5.82 Å². The molecule has 1 amide bonds. The van der Waals surface area contributed by atoms with E-state index < -0.39 is 12.3 Å². The lowest BCUT2D eigenvalue weighted by atomic mass is 9.68. The van der Waals surface area contributed by atoms with Crippen molar-refractivity contribution in [2.45, 2.75) is 62.4 Å².